The third-order valence-electron chi connectivity index (χ3n) is 5.04. The van der Waals surface area contributed by atoms with Crippen LogP contribution in [0, 0.1) is 22.9 Å². The fourth-order valence-electron chi connectivity index (χ4n) is 3.31. The van der Waals surface area contributed by atoms with Crippen molar-refractivity contribution in [3.63, 3.8) is 0 Å². The molecule has 1 heterocycles. The average molecular weight is 493 g/mol. The summed E-state index contributed by atoms with van der Waals surface area (Å²) in [6, 6.07) is 19.8. The van der Waals surface area contributed by atoms with Crippen LogP contribution in [0.3, 0.4) is 0 Å². The van der Waals surface area contributed by atoms with Crippen molar-refractivity contribution < 1.29 is 14.1 Å². The van der Waals surface area contributed by atoms with Crippen molar-refractivity contribution in [2.45, 2.75) is 18.6 Å². The number of amides is 1. The van der Waals surface area contributed by atoms with Crippen molar-refractivity contribution in [2.24, 2.45) is 0 Å². The van der Waals surface area contributed by atoms with Crippen LogP contribution in [0.1, 0.15) is 11.4 Å². The molecule has 4 aromatic rings. The van der Waals surface area contributed by atoms with Gasteiger partial charge in [0.15, 0.2) is 11.0 Å². The van der Waals surface area contributed by atoms with Crippen molar-refractivity contribution in [2.75, 3.05) is 16.4 Å². The third-order valence-corrected chi connectivity index (χ3v) is 5.97. The van der Waals surface area contributed by atoms with Crippen LogP contribution in [0.5, 0.6) is 0 Å². The van der Waals surface area contributed by atoms with Gasteiger partial charge in [0.25, 0.3) is 5.69 Å². The van der Waals surface area contributed by atoms with Crippen LogP contribution in [0.15, 0.2) is 78.0 Å². The van der Waals surface area contributed by atoms with E-state index in [9.17, 15) is 19.3 Å². The minimum Gasteiger partial charge on any atom is -0.378 e. The van der Waals surface area contributed by atoms with Crippen LogP contribution in [-0.4, -0.2) is 31.3 Å². The summed E-state index contributed by atoms with van der Waals surface area (Å²) in [7, 11) is 0. The first kappa shape index (κ1) is 23.9. The van der Waals surface area contributed by atoms with Gasteiger partial charge in [0.2, 0.25) is 5.91 Å². The lowest BCUT2D eigenvalue weighted by molar-refractivity contribution is -0.384. The fraction of sp³-hybridized carbons (Fsp3) is 0.125. The molecule has 0 bridgehead atoms. The molecule has 1 amide bonds. The topological polar surface area (TPSA) is 115 Å². The van der Waals surface area contributed by atoms with Crippen LogP contribution < -0.4 is 10.6 Å². The number of para-hydroxylation sites is 1. The van der Waals surface area contributed by atoms with Crippen molar-refractivity contribution in [1.29, 1.82) is 0 Å². The van der Waals surface area contributed by atoms with Gasteiger partial charge in [-0.1, -0.05) is 30.0 Å². The first-order valence-electron chi connectivity index (χ1n) is 10.6. The summed E-state index contributed by atoms with van der Waals surface area (Å²) in [6.07, 6.45) is 0. The number of hydrogen-bond acceptors (Lipinski definition) is 7. The standard InChI is InChI=1S/C24H21FN6O3S/c1-16-13-20(31(33)34)11-12-21(16)27-23(32)15-35-24-29-28-22(30(24)19-5-3-2-4-6-19)14-26-18-9-7-17(25)8-10-18/h2-13,26H,14-15H2,1H3,(H,27,32). The van der Waals surface area contributed by atoms with Crippen molar-refractivity contribution in [3.05, 3.63) is 100 Å². The monoisotopic (exact) mass is 492 g/mol. The molecule has 9 nitrogen and oxygen atoms in total. The van der Waals surface area contributed by atoms with Crippen molar-refractivity contribution >= 4 is 34.7 Å². The molecule has 0 aliphatic rings. The number of hydrogen-bond donors (Lipinski definition) is 2. The Morgan fingerprint density at radius 3 is 2.51 bits per heavy atom. The zero-order valence-electron chi connectivity index (χ0n) is 18.6. The largest absolute Gasteiger partial charge is 0.378 e. The van der Waals surface area contributed by atoms with E-state index >= 15 is 0 Å². The number of non-ortho nitro benzene ring substituents is 1. The predicted octanol–water partition coefficient (Wildman–Crippen LogP) is 4.97. The fourth-order valence-corrected chi connectivity index (χ4v) is 4.08. The average Bonchev–Trinajstić information content (AvgIpc) is 3.27. The molecule has 0 saturated heterocycles. The van der Waals surface area contributed by atoms with E-state index in [0.717, 1.165) is 11.4 Å². The number of thioether (sulfide) groups is 1. The van der Waals surface area contributed by atoms with E-state index < -0.39 is 4.92 Å². The molecule has 0 spiro atoms. The molecule has 178 valence electrons. The molecule has 2 N–H and O–H groups in total. The second-order valence-electron chi connectivity index (χ2n) is 7.52. The quantitative estimate of drug-likeness (QED) is 0.193. The highest BCUT2D eigenvalue weighted by Crippen LogP contribution is 2.25. The Labute approximate surface area is 204 Å². The van der Waals surface area contributed by atoms with Crippen LogP contribution >= 0.6 is 11.8 Å². The molecule has 1 aromatic heterocycles. The molecule has 11 heteroatoms. The molecule has 0 aliphatic heterocycles. The Morgan fingerprint density at radius 1 is 1.09 bits per heavy atom. The molecule has 35 heavy (non-hydrogen) atoms. The molecular weight excluding hydrogens is 471 g/mol. The van der Waals surface area contributed by atoms with Gasteiger partial charge in [0.1, 0.15) is 5.82 Å². The van der Waals surface area contributed by atoms with Crippen LogP contribution in [0.4, 0.5) is 21.5 Å². The van der Waals surface area contributed by atoms with Crippen molar-refractivity contribution in [1.82, 2.24) is 14.8 Å². The Morgan fingerprint density at radius 2 is 1.83 bits per heavy atom. The number of benzene rings is 3. The maximum atomic E-state index is 13.2. The molecule has 0 saturated carbocycles. The van der Waals surface area contributed by atoms with E-state index in [1.807, 2.05) is 34.9 Å². The maximum absolute atomic E-state index is 13.2. The molecule has 0 radical (unpaired) electrons. The number of anilines is 2. The second-order valence-corrected chi connectivity index (χ2v) is 8.47. The van der Waals surface area contributed by atoms with Gasteiger partial charge in [0, 0.05) is 29.2 Å². The number of rotatable bonds is 9. The minimum absolute atomic E-state index is 0.0346. The van der Waals surface area contributed by atoms with Gasteiger partial charge in [-0.25, -0.2) is 4.39 Å². The number of nitro benzene ring substituents is 1. The van der Waals surface area contributed by atoms with Gasteiger partial charge < -0.3 is 10.6 Å². The van der Waals surface area contributed by atoms with Crippen molar-refractivity contribution in [3.8, 4) is 5.69 Å². The summed E-state index contributed by atoms with van der Waals surface area (Å²) in [5.41, 5.74) is 2.64. The lowest BCUT2D eigenvalue weighted by Gasteiger charge is -2.12. The van der Waals surface area contributed by atoms with Crippen LogP contribution in [0.25, 0.3) is 5.69 Å². The zero-order chi connectivity index (χ0) is 24.8. The third kappa shape index (κ3) is 6.01. The van der Waals surface area contributed by atoms with Gasteiger partial charge >= 0.3 is 0 Å². The van der Waals surface area contributed by atoms with Gasteiger partial charge in [-0.3, -0.25) is 19.5 Å². The predicted molar refractivity (Wildman–Crippen MR) is 132 cm³/mol. The highest BCUT2D eigenvalue weighted by atomic mass is 32.2. The maximum Gasteiger partial charge on any atom is 0.269 e. The zero-order valence-corrected chi connectivity index (χ0v) is 19.5. The number of halogens is 1. The van der Waals surface area contributed by atoms with Gasteiger partial charge in [-0.05, 0) is 55.0 Å². The number of carbonyl (C=O) groups is 1. The van der Waals surface area contributed by atoms with Gasteiger partial charge in [-0.15, -0.1) is 10.2 Å². The highest BCUT2D eigenvalue weighted by molar-refractivity contribution is 7.99. The van der Waals surface area contributed by atoms with E-state index in [0.29, 0.717) is 28.8 Å². The number of aromatic nitrogens is 3. The highest BCUT2D eigenvalue weighted by Gasteiger charge is 2.17. The van der Waals surface area contributed by atoms with Crippen LogP contribution in [0.2, 0.25) is 0 Å². The smallest absolute Gasteiger partial charge is 0.269 e. The summed E-state index contributed by atoms with van der Waals surface area (Å²) in [5, 5.41) is 26.0. The summed E-state index contributed by atoms with van der Waals surface area (Å²) in [6.45, 7) is 2.03. The Balaban J connectivity index is 1.47. The summed E-state index contributed by atoms with van der Waals surface area (Å²) in [4.78, 5) is 23.0. The molecule has 0 aliphatic carbocycles. The number of aryl methyl sites for hydroxylation is 1. The van der Waals surface area contributed by atoms with Crippen LogP contribution in [-0.2, 0) is 11.3 Å². The minimum atomic E-state index is -0.479. The van der Waals surface area contributed by atoms with Gasteiger partial charge in [0.05, 0.1) is 17.2 Å². The first-order valence-corrected chi connectivity index (χ1v) is 11.6. The first-order chi connectivity index (χ1) is 16.9. The number of nitrogens with zero attached hydrogens (tertiary/aromatic N) is 4. The van der Waals surface area contributed by atoms with E-state index in [1.54, 1.807) is 19.1 Å². The molecule has 0 fully saturated rings. The van der Waals surface area contributed by atoms with E-state index in [1.165, 1.54) is 42.1 Å². The summed E-state index contributed by atoms with van der Waals surface area (Å²) in [5.74, 6) is 0.0892. The number of nitro groups is 1. The van der Waals surface area contributed by atoms with Gasteiger partial charge in [-0.2, -0.15) is 0 Å². The molecule has 3 aromatic carbocycles. The molecular formula is C24H21FN6O3S. The summed E-state index contributed by atoms with van der Waals surface area (Å²) >= 11 is 1.22. The Kier molecular flexibility index (Phi) is 7.36. The molecule has 0 atom stereocenters. The SMILES string of the molecule is Cc1cc([N+](=O)[O-])ccc1NC(=O)CSc1nnc(CNc2ccc(F)cc2)n1-c1ccccc1. The number of nitrogens with one attached hydrogen (secondary N) is 2. The lowest BCUT2D eigenvalue weighted by Crippen LogP contribution is -2.15. The second kappa shape index (κ2) is 10.8. The summed E-state index contributed by atoms with van der Waals surface area (Å²) < 4.78 is 15.0. The molecule has 0 unspecified atom stereocenters. The van der Waals surface area contributed by atoms with E-state index in [2.05, 4.69) is 20.8 Å². The Hall–Kier alpha value is -4.25. The lowest BCUT2D eigenvalue weighted by atomic mass is 10.2. The number of carbonyl (C=O) groups excluding carboxylic acids is 1. The van der Waals surface area contributed by atoms with E-state index in [4.69, 9.17) is 0 Å². The van der Waals surface area contributed by atoms with E-state index in [-0.39, 0.29) is 23.2 Å². The Bertz CT molecular complexity index is 1350. The molecule has 4 rings (SSSR count). The normalized spacial score (nSPS) is 10.7.